The van der Waals surface area contributed by atoms with Crippen molar-refractivity contribution in [1.82, 2.24) is 10.2 Å². The molecule has 1 aromatic carbocycles. The number of nitrogens with two attached hydrogens (primary N) is 1. The minimum Gasteiger partial charge on any atom is -0.353 e. The van der Waals surface area contributed by atoms with Gasteiger partial charge in [0.25, 0.3) is 0 Å². The second-order valence-electron chi connectivity index (χ2n) is 6.72. The van der Waals surface area contributed by atoms with Gasteiger partial charge in [-0.25, -0.2) is 0 Å². The fourth-order valence-corrected chi connectivity index (χ4v) is 3.10. The third kappa shape index (κ3) is 4.08. The summed E-state index contributed by atoms with van der Waals surface area (Å²) in [7, 11) is 0. The summed E-state index contributed by atoms with van der Waals surface area (Å²) < 4.78 is 0. The van der Waals surface area contributed by atoms with E-state index in [0.29, 0.717) is 19.0 Å². The second kappa shape index (κ2) is 7.25. The first-order valence-corrected chi connectivity index (χ1v) is 8.32. The molecule has 1 aromatic rings. The lowest BCUT2D eigenvalue weighted by Gasteiger charge is -2.34. The highest BCUT2D eigenvalue weighted by molar-refractivity contribution is 5.85. The van der Waals surface area contributed by atoms with E-state index in [-0.39, 0.29) is 5.91 Å². The van der Waals surface area contributed by atoms with Crippen molar-refractivity contribution in [3.05, 3.63) is 35.4 Å². The Kier molecular flexibility index (Phi) is 5.59. The maximum Gasteiger partial charge on any atom is 0.239 e. The number of fused-ring (bicyclic) bond motifs is 1. The maximum absolute atomic E-state index is 12.2. The van der Waals surface area contributed by atoms with Gasteiger partial charge in [0.1, 0.15) is 0 Å². The first kappa shape index (κ1) is 17.0. The molecule has 0 radical (unpaired) electrons. The van der Waals surface area contributed by atoms with Crippen molar-refractivity contribution in [2.75, 3.05) is 13.1 Å². The average molecular weight is 303 g/mol. The number of nitrogens with one attached hydrogen (secondary N) is 1. The molecule has 2 rings (SSSR count). The van der Waals surface area contributed by atoms with E-state index >= 15 is 0 Å². The number of amides is 1. The van der Waals surface area contributed by atoms with E-state index in [0.717, 1.165) is 25.9 Å². The Morgan fingerprint density at radius 1 is 1.41 bits per heavy atom. The van der Waals surface area contributed by atoms with Crippen LogP contribution in [0.2, 0.25) is 0 Å². The molecule has 1 aliphatic heterocycles. The molecule has 0 aromatic heterocycles. The van der Waals surface area contributed by atoms with Crippen molar-refractivity contribution in [3.8, 4) is 0 Å². The van der Waals surface area contributed by atoms with E-state index in [2.05, 4.69) is 41.4 Å². The number of benzene rings is 1. The molecule has 0 saturated heterocycles. The van der Waals surface area contributed by atoms with Crippen LogP contribution in [0.1, 0.15) is 44.7 Å². The highest BCUT2D eigenvalue weighted by atomic mass is 16.2. The molecule has 0 bridgehead atoms. The third-order valence-corrected chi connectivity index (χ3v) is 4.63. The zero-order chi connectivity index (χ0) is 16.2. The van der Waals surface area contributed by atoms with Gasteiger partial charge in [-0.2, -0.15) is 0 Å². The van der Waals surface area contributed by atoms with E-state index in [1.165, 1.54) is 11.1 Å². The molecule has 4 heteroatoms. The van der Waals surface area contributed by atoms with Crippen molar-refractivity contribution in [3.63, 3.8) is 0 Å². The molecule has 0 fully saturated rings. The van der Waals surface area contributed by atoms with Crippen LogP contribution in [0.15, 0.2) is 24.3 Å². The number of rotatable bonds is 6. The average Bonchev–Trinajstić information content (AvgIpc) is 2.51. The van der Waals surface area contributed by atoms with Gasteiger partial charge < -0.3 is 11.1 Å². The molecule has 0 aliphatic carbocycles. The van der Waals surface area contributed by atoms with Gasteiger partial charge in [-0.05, 0) is 37.8 Å². The van der Waals surface area contributed by atoms with Crippen molar-refractivity contribution in [2.24, 2.45) is 5.73 Å². The molecule has 0 spiro atoms. The molecule has 2 unspecified atom stereocenters. The summed E-state index contributed by atoms with van der Waals surface area (Å²) in [6.45, 7) is 8.68. The van der Waals surface area contributed by atoms with E-state index in [1.54, 1.807) is 0 Å². The highest BCUT2D eigenvalue weighted by Gasteiger charge is 2.28. The summed E-state index contributed by atoms with van der Waals surface area (Å²) in [5.74, 6) is -0.0430. The fraction of sp³-hybridized carbons (Fsp3) is 0.611. The Morgan fingerprint density at radius 3 is 2.77 bits per heavy atom. The zero-order valence-corrected chi connectivity index (χ0v) is 14.1. The Labute approximate surface area is 134 Å². The second-order valence-corrected chi connectivity index (χ2v) is 6.72. The molecule has 0 saturated carbocycles. The minimum atomic E-state index is -0.761. The number of carbonyl (C=O) groups excluding carboxylic acids is 1. The lowest BCUT2D eigenvalue weighted by atomic mass is 9.96. The van der Waals surface area contributed by atoms with Crippen LogP contribution in [0.5, 0.6) is 0 Å². The summed E-state index contributed by atoms with van der Waals surface area (Å²) in [5.41, 5.74) is 8.17. The first-order chi connectivity index (χ1) is 10.4. The topological polar surface area (TPSA) is 58.4 Å². The van der Waals surface area contributed by atoms with Crippen LogP contribution in [-0.4, -0.2) is 35.5 Å². The lowest BCUT2D eigenvalue weighted by molar-refractivity contribution is -0.126. The molecule has 1 heterocycles. The van der Waals surface area contributed by atoms with E-state index in [4.69, 9.17) is 5.73 Å². The molecule has 2 atom stereocenters. The van der Waals surface area contributed by atoms with Crippen LogP contribution in [0.3, 0.4) is 0 Å². The molecular formula is C18H29N3O. The van der Waals surface area contributed by atoms with Gasteiger partial charge in [-0.1, -0.05) is 37.6 Å². The Bertz CT molecular complexity index is 513. The molecule has 1 amide bonds. The molecule has 122 valence electrons. The minimum absolute atomic E-state index is 0.0430. The van der Waals surface area contributed by atoms with Crippen LogP contribution >= 0.6 is 0 Å². The van der Waals surface area contributed by atoms with Crippen molar-refractivity contribution < 1.29 is 4.79 Å². The smallest absolute Gasteiger partial charge is 0.239 e. The number of hydrogen-bond donors (Lipinski definition) is 2. The fourth-order valence-electron chi connectivity index (χ4n) is 3.10. The van der Waals surface area contributed by atoms with Gasteiger partial charge in [0.2, 0.25) is 5.91 Å². The summed E-state index contributed by atoms with van der Waals surface area (Å²) in [6.07, 6.45) is 2.71. The quantitative estimate of drug-likeness (QED) is 0.846. The molecule has 4 nitrogen and oxygen atoms in total. The van der Waals surface area contributed by atoms with Gasteiger partial charge in [0, 0.05) is 25.7 Å². The standard InChI is InChI=1S/C18H29N3O/c1-4-10-18(3,19)17(22)20-12-14(2)21-11-9-15-7-5-6-8-16(15)13-21/h5-8,14H,4,9-13,19H2,1-3H3,(H,20,22). The monoisotopic (exact) mass is 303 g/mol. The summed E-state index contributed by atoms with van der Waals surface area (Å²) in [4.78, 5) is 14.6. The molecule has 22 heavy (non-hydrogen) atoms. The number of nitrogens with zero attached hydrogens (tertiary/aromatic N) is 1. The van der Waals surface area contributed by atoms with E-state index in [1.807, 2.05) is 13.8 Å². The van der Waals surface area contributed by atoms with Gasteiger partial charge in [-0.3, -0.25) is 9.69 Å². The van der Waals surface area contributed by atoms with Crippen LogP contribution in [-0.2, 0) is 17.8 Å². The summed E-state index contributed by atoms with van der Waals surface area (Å²) in [5, 5.41) is 3.02. The van der Waals surface area contributed by atoms with Crippen LogP contribution in [0.4, 0.5) is 0 Å². The van der Waals surface area contributed by atoms with Crippen molar-refractivity contribution in [2.45, 2.75) is 58.2 Å². The largest absolute Gasteiger partial charge is 0.353 e. The summed E-state index contributed by atoms with van der Waals surface area (Å²) in [6, 6.07) is 8.93. The first-order valence-electron chi connectivity index (χ1n) is 8.32. The summed E-state index contributed by atoms with van der Waals surface area (Å²) >= 11 is 0. The van der Waals surface area contributed by atoms with Crippen molar-refractivity contribution in [1.29, 1.82) is 0 Å². The van der Waals surface area contributed by atoms with Crippen LogP contribution < -0.4 is 11.1 Å². The lowest BCUT2D eigenvalue weighted by Crippen LogP contribution is -2.54. The normalized spacial score (nSPS) is 19.1. The number of hydrogen-bond acceptors (Lipinski definition) is 3. The van der Waals surface area contributed by atoms with Crippen LogP contribution in [0, 0.1) is 0 Å². The van der Waals surface area contributed by atoms with E-state index in [9.17, 15) is 4.79 Å². The number of carbonyl (C=O) groups is 1. The predicted molar refractivity (Wildman–Crippen MR) is 90.5 cm³/mol. The van der Waals surface area contributed by atoms with Gasteiger partial charge in [0.05, 0.1) is 5.54 Å². The Hall–Kier alpha value is -1.39. The van der Waals surface area contributed by atoms with Gasteiger partial charge in [-0.15, -0.1) is 0 Å². The van der Waals surface area contributed by atoms with Crippen molar-refractivity contribution >= 4 is 5.91 Å². The maximum atomic E-state index is 12.2. The van der Waals surface area contributed by atoms with Gasteiger partial charge >= 0.3 is 0 Å². The molecule has 1 aliphatic rings. The molecule has 3 N–H and O–H groups in total. The third-order valence-electron chi connectivity index (χ3n) is 4.63. The zero-order valence-electron chi connectivity index (χ0n) is 14.1. The highest BCUT2D eigenvalue weighted by Crippen LogP contribution is 2.20. The van der Waals surface area contributed by atoms with E-state index < -0.39 is 5.54 Å². The SMILES string of the molecule is CCCC(C)(N)C(=O)NCC(C)N1CCc2ccccc2C1. The predicted octanol–water partition coefficient (Wildman–Crippen LogP) is 2.07. The van der Waals surface area contributed by atoms with Crippen LogP contribution in [0.25, 0.3) is 0 Å². The Morgan fingerprint density at radius 2 is 2.09 bits per heavy atom. The molecular weight excluding hydrogens is 274 g/mol. The van der Waals surface area contributed by atoms with Gasteiger partial charge in [0.15, 0.2) is 0 Å². The Balaban J connectivity index is 1.86.